The van der Waals surface area contributed by atoms with Crippen LogP contribution in [0.3, 0.4) is 0 Å². The molecule has 4 heteroatoms. The number of aliphatic hydroxyl groups excluding tert-OH is 1. The van der Waals surface area contributed by atoms with Gasteiger partial charge in [-0.15, -0.1) is 4.52 Å². The maximum absolute atomic E-state index is 9.66. The van der Waals surface area contributed by atoms with Crippen LogP contribution in [0.25, 0.3) is 0 Å². The zero-order valence-electron chi connectivity index (χ0n) is 4.76. The van der Waals surface area contributed by atoms with Gasteiger partial charge in [-0.3, -0.25) is 0 Å². The third-order valence-corrected chi connectivity index (χ3v) is 1.09. The molecule has 0 spiro atoms. The van der Waals surface area contributed by atoms with Crippen molar-refractivity contribution in [2.45, 2.75) is 26.1 Å². The molecule has 0 saturated heterocycles. The van der Waals surface area contributed by atoms with Crippen LogP contribution in [0.1, 0.15) is 19.8 Å². The Labute approximate surface area is 49.9 Å². The Kier molecular flexibility index (Phi) is 5.18. The van der Waals surface area contributed by atoms with E-state index >= 15 is 0 Å². The molecule has 0 aromatic heterocycles. The third-order valence-electron chi connectivity index (χ3n) is 0.720. The number of hydrogen-bond donors (Lipinski definition) is 1. The number of rotatable bonds is 4. The van der Waals surface area contributed by atoms with Crippen molar-refractivity contribution in [2.24, 2.45) is 0 Å². The first kappa shape index (κ1) is 8.02. The van der Waals surface area contributed by atoms with Crippen molar-refractivity contribution in [3.8, 4) is 0 Å². The fourth-order valence-corrected chi connectivity index (χ4v) is 0.590. The van der Waals surface area contributed by atoms with Crippen molar-refractivity contribution in [3.63, 3.8) is 0 Å². The van der Waals surface area contributed by atoms with Gasteiger partial charge in [0.2, 0.25) is 6.29 Å². The van der Waals surface area contributed by atoms with Crippen molar-refractivity contribution in [1.82, 2.24) is 0 Å². The van der Waals surface area contributed by atoms with E-state index < -0.39 is 15.0 Å². The van der Waals surface area contributed by atoms with E-state index in [0.717, 1.165) is 6.42 Å². The second-order valence-electron chi connectivity index (χ2n) is 1.44. The first-order valence-corrected chi connectivity index (χ1v) is 3.33. The van der Waals surface area contributed by atoms with Crippen molar-refractivity contribution in [1.29, 1.82) is 0 Å². The summed E-state index contributed by atoms with van der Waals surface area (Å²) in [6.45, 7) is 1.92. The van der Waals surface area contributed by atoms with Gasteiger partial charge in [0.05, 0.1) is 0 Å². The average Bonchev–Trinajstić information content (AvgIpc) is 1.68. The Hall–Kier alpha value is 0.0200. The number of hydrogen-bond acceptors (Lipinski definition) is 3. The summed E-state index contributed by atoms with van der Waals surface area (Å²) in [5.74, 6) is 0. The molecule has 0 bridgehead atoms. The predicted molar refractivity (Wildman–Crippen MR) is 31.0 cm³/mol. The molecule has 0 aromatic carbocycles. The van der Waals surface area contributed by atoms with Gasteiger partial charge >= 0.3 is 8.69 Å². The van der Waals surface area contributed by atoms with Gasteiger partial charge in [-0.25, -0.2) is 0 Å². The SMILES string of the molecule is CCCC(O)O[PH+]=O. The van der Waals surface area contributed by atoms with E-state index in [1.165, 1.54) is 0 Å². The lowest BCUT2D eigenvalue weighted by Crippen LogP contribution is -2.03. The lowest BCUT2D eigenvalue weighted by Gasteiger charge is -1.95. The van der Waals surface area contributed by atoms with Gasteiger partial charge in [0.25, 0.3) is 0 Å². The molecule has 0 fully saturated rings. The van der Waals surface area contributed by atoms with Crippen molar-refractivity contribution in [3.05, 3.63) is 0 Å². The molecule has 0 aliphatic carbocycles. The predicted octanol–water partition coefficient (Wildman–Crippen LogP) is 1.06. The fourth-order valence-electron chi connectivity index (χ4n) is 0.361. The van der Waals surface area contributed by atoms with Gasteiger partial charge in [0.1, 0.15) is 0 Å². The van der Waals surface area contributed by atoms with E-state index in [4.69, 9.17) is 5.11 Å². The summed E-state index contributed by atoms with van der Waals surface area (Å²) < 4.78 is 14.0. The normalized spacial score (nSPS) is 14.2. The molecule has 0 saturated carbocycles. The molecule has 0 aromatic rings. The zero-order valence-corrected chi connectivity index (χ0v) is 5.76. The zero-order chi connectivity index (χ0) is 6.41. The molecule has 48 valence electrons. The Morgan fingerprint density at radius 1 is 1.88 bits per heavy atom. The second-order valence-corrected chi connectivity index (χ2v) is 1.85. The molecule has 2 unspecified atom stereocenters. The molecule has 0 rings (SSSR count). The van der Waals surface area contributed by atoms with Gasteiger partial charge in [-0.1, -0.05) is 13.3 Å². The molecular weight excluding hydrogens is 127 g/mol. The fraction of sp³-hybridized carbons (Fsp3) is 1.00. The Morgan fingerprint density at radius 3 is 2.88 bits per heavy atom. The van der Waals surface area contributed by atoms with Crippen LogP contribution in [0.4, 0.5) is 0 Å². The summed E-state index contributed by atoms with van der Waals surface area (Å²) in [7, 11) is -0.852. The molecule has 1 N–H and O–H groups in total. The van der Waals surface area contributed by atoms with E-state index in [0.29, 0.717) is 6.42 Å². The minimum absolute atomic E-state index is 0.551. The highest BCUT2D eigenvalue weighted by Crippen LogP contribution is 2.04. The van der Waals surface area contributed by atoms with Crippen molar-refractivity contribution < 1.29 is 14.2 Å². The molecule has 3 nitrogen and oxygen atoms in total. The highest BCUT2D eigenvalue weighted by Gasteiger charge is 2.05. The monoisotopic (exact) mass is 137 g/mol. The average molecular weight is 137 g/mol. The summed E-state index contributed by atoms with van der Waals surface area (Å²) in [6.07, 6.45) is 0.553. The quantitative estimate of drug-likeness (QED) is 0.465. The van der Waals surface area contributed by atoms with Crippen molar-refractivity contribution in [2.75, 3.05) is 0 Å². The van der Waals surface area contributed by atoms with Crippen LogP contribution < -0.4 is 0 Å². The minimum atomic E-state index is -0.852. The topological polar surface area (TPSA) is 46.5 Å². The van der Waals surface area contributed by atoms with E-state index in [1.54, 1.807) is 0 Å². The first-order valence-electron chi connectivity index (χ1n) is 2.52. The van der Waals surface area contributed by atoms with Crippen molar-refractivity contribution >= 4 is 8.69 Å². The summed E-state index contributed by atoms with van der Waals surface area (Å²) in [6, 6.07) is 0. The van der Waals surface area contributed by atoms with Crippen LogP contribution in [-0.2, 0) is 9.09 Å². The second kappa shape index (κ2) is 5.16. The Balaban J connectivity index is 3.03. The lowest BCUT2D eigenvalue weighted by atomic mass is 10.3. The Bertz CT molecular complexity index is 66.3. The molecular formula is C4H10O3P+. The highest BCUT2D eigenvalue weighted by molar-refractivity contribution is 7.17. The number of aliphatic hydroxyl groups is 1. The van der Waals surface area contributed by atoms with Crippen LogP contribution in [-0.4, -0.2) is 11.4 Å². The van der Waals surface area contributed by atoms with Crippen LogP contribution in [0.5, 0.6) is 0 Å². The molecule has 0 aliphatic rings. The van der Waals surface area contributed by atoms with Gasteiger partial charge in [0, 0.05) is 6.42 Å². The third kappa shape index (κ3) is 4.19. The minimum Gasteiger partial charge on any atom is -0.364 e. The molecule has 2 atom stereocenters. The maximum Gasteiger partial charge on any atom is 0.496 e. The Morgan fingerprint density at radius 2 is 2.50 bits per heavy atom. The van der Waals surface area contributed by atoms with Gasteiger partial charge in [0.15, 0.2) is 0 Å². The molecule has 8 heavy (non-hydrogen) atoms. The van der Waals surface area contributed by atoms with Crippen LogP contribution in [0.2, 0.25) is 0 Å². The van der Waals surface area contributed by atoms with E-state index in [9.17, 15) is 4.57 Å². The summed E-state index contributed by atoms with van der Waals surface area (Å²) in [5, 5.41) is 8.63. The van der Waals surface area contributed by atoms with E-state index in [1.807, 2.05) is 6.92 Å². The molecule has 0 heterocycles. The lowest BCUT2D eigenvalue weighted by molar-refractivity contribution is -0.0136. The van der Waals surface area contributed by atoms with Gasteiger partial charge in [-0.2, -0.15) is 0 Å². The molecule has 0 aliphatic heterocycles. The van der Waals surface area contributed by atoms with Crippen LogP contribution in [0, 0.1) is 0 Å². The van der Waals surface area contributed by atoms with E-state index in [-0.39, 0.29) is 0 Å². The van der Waals surface area contributed by atoms with Gasteiger partial charge < -0.3 is 5.11 Å². The smallest absolute Gasteiger partial charge is 0.364 e. The maximum atomic E-state index is 9.66. The van der Waals surface area contributed by atoms with Crippen LogP contribution >= 0.6 is 8.69 Å². The summed E-state index contributed by atoms with van der Waals surface area (Å²) >= 11 is 0. The first-order chi connectivity index (χ1) is 3.81. The molecule has 0 amide bonds. The summed E-state index contributed by atoms with van der Waals surface area (Å²) in [4.78, 5) is 0. The largest absolute Gasteiger partial charge is 0.496 e. The standard InChI is InChI=1S/C4H10O3P/c1-2-3-4(5)7-8-6/h4-5,8H,2-3H2,1H3/q+1. The van der Waals surface area contributed by atoms with Gasteiger partial charge in [-0.05, 0) is 4.57 Å². The highest BCUT2D eigenvalue weighted by atomic mass is 31.1. The van der Waals surface area contributed by atoms with Crippen LogP contribution in [0.15, 0.2) is 0 Å². The van der Waals surface area contributed by atoms with E-state index in [2.05, 4.69) is 4.52 Å². The molecule has 0 radical (unpaired) electrons. The summed E-state index contributed by atoms with van der Waals surface area (Å²) in [5.41, 5.74) is 0.